The van der Waals surface area contributed by atoms with Crippen molar-refractivity contribution in [3.63, 3.8) is 0 Å². The van der Waals surface area contributed by atoms with Gasteiger partial charge in [0.05, 0.1) is 0 Å². The Morgan fingerprint density at radius 2 is 1.96 bits per heavy atom. The van der Waals surface area contributed by atoms with E-state index in [1.54, 1.807) is 0 Å². The standard InChI is InChI=1S/C21H30O2/c1-17(8-6-9-18(2)13-15-23-16-22)11-12-20-19(3)10-7-14-21(20,4)5/h6,8-9,11-13,16H,7,10,14-15H2,1-5H3/b9-6+,12-11+,17-8+,18-13-. The zero-order valence-corrected chi connectivity index (χ0v) is 15.2. The zero-order chi connectivity index (χ0) is 17.3. The zero-order valence-electron chi connectivity index (χ0n) is 15.2. The Hall–Kier alpha value is -1.83. The van der Waals surface area contributed by atoms with Gasteiger partial charge in [-0.25, -0.2) is 0 Å². The number of hydrogen-bond acceptors (Lipinski definition) is 2. The van der Waals surface area contributed by atoms with Crippen LogP contribution in [-0.2, 0) is 9.53 Å². The first-order valence-corrected chi connectivity index (χ1v) is 8.32. The predicted molar refractivity (Wildman–Crippen MR) is 98.1 cm³/mol. The molecule has 0 bridgehead atoms. The Morgan fingerprint density at radius 3 is 2.61 bits per heavy atom. The molecule has 2 nitrogen and oxygen atoms in total. The van der Waals surface area contributed by atoms with Crippen molar-refractivity contribution in [1.82, 2.24) is 0 Å². The van der Waals surface area contributed by atoms with Gasteiger partial charge in [-0.3, -0.25) is 4.79 Å². The average Bonchev–Trinajstić information content (AvgIpc) is 2.46. The summed E-state index contributed by atoms with van der Waals surface area (Å²) in [5, 5.41) is 0. The molecular weight excluding hydrogens is 284 g/mol. The summed E-state index contributed by atoms with van der Waals surface area (Å²) in [4.78, 5) is 10.1. The van der Waals surface area contributed by atoms with Crippen LogP contribution in [-0.4, -0.2) is 13.1 Å². The molecule has 0 saturated heterocycles. The van der Waals surface area contributed by atoms with Crippen LogP contribution in [0.4, 0.5) is 0 Å². The first-order chi connectivity index (χ1) is 10.9. The Labute approximate surface area is 141 Å². The highest BCUT2D eigenvalue weighted by atomic mass is 16.5. The lowest BCUT2D eigenvalue weighted by molar-refractivity contribution is -0.127. The first kappa shape index (κ1) is 19.2. The van der Waals surface area contributed by atoms with Gasteiger partial charge in [0.1, 0.15) is 6.61 Å². The monoisotopic (exact) mass is 314 g/mol. The summed E-state index contributed by atoms with van der Waals surface area (Å²) in [5.41, 5.74) is 5.59. The minimum atomic E-state index is 0.285. The molecule has 0 saturated carbocycles. The summed E-state index contributed by atoms with van der Waals surface area (Å²) < 4.78 is 4.64. The van der Waals surface area contributed by atoms with Crippen LogP contribution in [0.2, 0.25) is 0 Å². The molecule has 0 spiro atoms. The van der Waals surface area contributed by atoms with Gasteiger partial charge in [0, 0.05) is 0 Å². The van der Waals surface area contributed by atoms with Crippen LogP contribution in [0.5, 0.6) is 0 Å². The number of carbonyl (C=O) groups is 1. The Bertz CT molecular complexity index is 554. The van der Waals surface area contributed by atoms with Crippen molar-refractivity contribution in [2.45, 2.75) is 53.9 Å². The van der Waals surface area contributed by atoms with E-state index in [1.807, 2.05) is 25.2 Å². The molecule has 0 fully saturated rings. The van der Waals surface area contributed by atoms with Crippen LogP contribution in [0.15, 0.2) is 58.7 Å². The van der Waals surface area contributed by atoms with Gasteiger partial charge in [-0.1, -0.05) is 60.9 Å². The topological polar surface area (TPSA) is 26.3 Å². The van der Waals surface area contributed by atoms with Crippen LogP contribution >= 0.6 is 0 Å². The highest BCUT2D eigenvalue weighted by Gasteiger charge is 2.26. The highest BCUT2D eigenvalue weighted by Crippen LogP contribution is 2.40. The normalized spacial score (nSPS) is 19.7. The highest BCUT2D eigenvalue weighted by molar-refractivity contribution is 5.38. The summed E-state index contributed by atoms with van der Waals surface area (Å²) in [6.45, 7) is 11.8. The summed E-state index contributed by atoms with van der Waals surface area (Å²) in [6, 6.07) is 0. The minimum Gasteiger partial charge on any atom is -0.464 e. The molecule has 0 unspecified atom stereocenters. The molecule has 1 aliphatic carbocycles. The van der Waals surface area contributed by atoms with Crippen LogP contribution < -0.4 is 0 Å². The van der Waals surface area contributed by atoms with Gasteiger partial charge in [0.2, 0.25) is 0 Å². The van der Waals surface area contributed by atoms with Gasteiger partial charge in [0.15, 0.2) is 0 Å². The van der Waals surface area contributed by atoms with Gasteiger partial charge >= 0.3 is 0 Å². The predicted octanol–water partition coefficient (Wildman–Crippen LogP) is 5.69. The van der Waals surface area contributed by atoms with Crippen molar-refractivity contribution < 1.29 is 9.53 Å². The van der Waals surface area contributed by atoms with Crippen LogP contribution in [0, 0.1) is 5.41 Å². The van der Waals surface area contributed by atoms with Gasteiger partial charge < -0.3 is 4.74 Å². The Kier molecular flexibility index (Phi) is 7.80. The quantitative estimate of drug-likeness (QED) is 0.343. The summed E-state index contributed by atoms with van der Waals surface area (Å²) in [6.07, 6.45) is 16.3. The third-order valence-corrected chi connectivity index (χ3v) is 4.34. The second-order valence-corrected chi connectivity index (χ2v) is 6.91. The maximum absolute atomic E-state index is 10.1. The van der Waals surface area contributed by atoms with E-state index < -0.39 is 0 Å². The van der Waals surface area contributed by atoms with Crippen molar-refractivity contribution in [2.75, 3.05) is 6.61 Å². The third kappa shape index (κ3) is 6.85. The molecule has 0 N–H and O–H groups in total. The second-order valence-electron chi connectivity index (χ2n) is 6.91. The van der Waals surface area contributed by atoms with Crippen molar-refractivity contribution in [2.24, 2.45) is 5.41 Å². The van der Waals surface area contributed by atoms with E-state index in [2.05, 4.69) is 50.7 Å². The maximum atomic E-state index is 10.1. The molecule has 23 heavy (non-hydrogen) atoms. The minimum absolute atomic E-state index is 0.285. The molecule has 0 amide bonds. The lowest BCUT2D eigenvalue weighted by Crippen LogP contribution is -2.19. The number of allylic oxidation sites excluding steroid dienone is 9. The fourth-order valence-electron chi connectivity index (χ4n) is 2.92. The van der Waals surface area contributed by atoms with Crippen LogP contribution in [0.1, 0.15) is 53.9 Å². The van der Waals surface area contributed by atoms with E-state index in [0.717, 1.165) is 5.57 Å². The van der Waals surface area contributed by atoms with Crippen molar-refractivity contribution in [3.8, 4) is 0 Å². The van der Waals surface area contributed by atoms with E-state index >= 15 is 0 Å². The van der Waals surface area contributed by atoms with E-state index in [0.29, 0.717) is 13.1 Å². The number of hydrogen-bond donors (Lipinski definition) is 0. The first-order valence-electron chi connectivity index (χ1n) is 8.32. The third-order valence-electron chi connectivity index (χ3n) is 4.34. The van der Waals surface area contributed by atoms with Crippen molar-refractivity contribution >= 4 is 6.47 Å². The molecule has 0 atom stereocenters. The molecule has 1 aliphatic rings. The summed E-state index contributed by atoms with van der Waals surface area (Å²) >= 11 is 0. The van der Waals surface area contributed by atoms with E-state index in [-0.39, 0.29) is 5.41 Å². The van der Waals surface area contributed by atoms with Crippen LogP contribution in [0.3, 0.4) is 0 Å². The maximum Gasteiger partial charge on any atom is 0.293 e. The van der Waals surface area contributed by atoms with Crippen molar-refractivity contribution in [3.05, 3.63) is 58.7 Å². The lowest BCUT2D eigenvalue weighted by Gasteiger charge is -2.32. The van der Waals surface area contributed by atoms with E-state index in [4.69, 9.17) is 0 Å². The average molecular weight is 314 g/mol. The summed E-state index contributed by atoms with van der Waals surface area (Å²) in [5.74, 6) is 0. The van der Waals surface area contributed by atoms with E-state index in [9.17, 15) is 4.79 Å². The van der Waals surface area contributed by atoms with Crippen LogP contribution in [0.25, 0.3) is 0 Å². The molecule has 2 heteroatoms. The number of ether oxygens (including phenoxy) is 1. The lowest BCUT2D eigenvalue weighted by atomic mass is 9.72. The molecule has 0 aromatic rings. The number of rotatable bonds is 7. The molecular formula is C21H30O2. The molecule has 0 radical (unpaired) electrons. The molecule has 0 heterocycles. The SMILES string of the molecule is CC1=C(/C=C/C(C)=C/C=C/C(C)=C\COC=O)C(C)(C)CCC1. The molecule has 126 valence electrons. The molecule has 0 aromatic carbocycles. The summed E-state index contributed by atoms with van der Waals surface area (Å²) in [7, 11) is 0. The Morgan fingerprint density at radius 1 is 1.22 bits per heavy atom. The van der Waals surface area contributed by atoms with Gasteiger partial charge in [-0.05, 0) is 57.1 Å². The largest absolute Gasteiger partial charge is 0.464 e. The van der Waals surface area contributed by atoms with Crippen molar-refractivity contribution in [1.29, 1.82) is 0 Å². The Balaban J connectivity index is 2.69. The molecule has 0 aromatic heterocycles. The van der Waals surface area contributed by atoms with Gasteiger partial charge in [0.25, 0.3) is 6.47 Å². The second kappa shape index (κ2) is 9.34. The van der Waals surface area contributed by atoms with Gasteiger partial charge in [-0.2, -0.15) is 0 Å². The fraction of sp³-hybridized carbons (Fsp3) is 0.476. The smallest absolute Gasteiger partial charge is 0.293 e. The fourth-order valence-corrected chi connectivity index (χ4v) is 2.92. The number of carbonyl (C=O) groups excluding carboxylic acids is 1. The molecule has 1 rings (SSSR count). The molecule has 0 aliphatic heterocycles. The van der Waals surface area contributed by atoms with Gasteiger partial charge in [-0.15, -0.1) is 0 Å². The van der Waals surface area contributed by atoms with E-state index in [1.165, 1.54) is 36.0 Å².